The maximum absolute atomic E-state index is 12.9. The molecular weight excluding hydrogens is 524 g/mol. The molecule has 11 nitrogen and oxygen atoms in total. The molecule has 0 unspecified atom stereocenters. The lowest BCUT2D eigenvalue weighted by Crippen LogP contribution is -2.65. The van der Waals surface area contributed by atoms with Crippen molar-refractivity contribution in [3.05, 3.63) is 0 Å². The molecular formula is C24H39ClN4O7S. The number of β-lactam (4-membered cyclic amide) rings is 1. The van der Waals surface area contributed by atoms with Crippen LogP contribution >= 0.6 is 24.2 Å². The average Bonchev–Trinajstić information content (AvgIpc) is 3.04. The van der Waals surface area contributed by atoms with Gasteiger partial charge >= 0.3 is 11.9 Å². The molecule has 1 N–H and O–H groups in total. The number of thioether (sulfide) groups is 1. The molecule has 3 heterocycles. The quantitative estimate of drug-likeness (QED) is 0.111. The van der Waals surface area contributed by atoms with E-state index in [-0.39, 0.29) is 35.7 Å². The zero-order valence-corrected chi connectivity index (χ0v) is 24.0. The minimum Gasteiger partial charge on any atom is -0.427 e. The second-order valence-corrected chi connectivity index (χ2v) is 12.6. The molecule has 0 saturated carbocycles. The van der Waals surface area contributed by atoms with Gasteiger partial charge in [-0.3, -0.25) is 19.4 Å². The van der Waals surface area contributed by atoms with Crippen LogP contribution in [0.3, 0.4) is 0 Å². The summed E-state index contributed by atoms with van der Waals surface area (Å²) in [6.45, 7) is 12.5. The molecule has 13 heteroatoms. The summed E-state index contributed by atoms with van der Waals surface area (Å²) in [6, 6.07) is -1.32. The van der Waals surface area contributed by atoms with Crippen LogP contribution in [-0.2, 0) is 33.4 Å². The van der Waals surface area contributed by atoms with Gasteiger partial charge in [-0.15, -0.1) is 24.2 Å². The molecule has 3 atom stereocenters. The predicted octanol–water partition coefficient (Wildman–Crippen LogP) is 1.57. The van der Waals surface area contributed by atoms with Crippen LogP contribution in [0.15, 0.2) is 4.99 Å². The number of likely N-dealkylation sites (tertiary alicyclic amines) is 1. The number of nitrogens with zero attached hydrogens (tertiary/aromatic N) is 3. The summed E-state index contributed by atoms with van der Waals surface area (Å²) in [4.78, 5) is 56.7. The summed E-state index contributed by atoms with van der Waals surface area (Å²) in [6.07, 6.45) is 3.56. The van der Waals surface area contributed by atoms with Gasteiger partial charge in [0.2, 0.25) is 12.7 Å². The Morgan fingerprint density at radius 2 is 1.84 bits per heavy atom. The molecule has 0 aromatic heterocycles. The van der Waals surface area contributed by atoms with E-state index in [4.69, 9.17) is 14.2 Å². The van der Waals surface area contributed by atoms with Crippen LogP contribution in [0.1, 0.15) is 54.4 Å². The first-order valence-corrected chi connectivity index (χ1v) is 13.2. The smallest absolute Gasteiger partial charge is 0.333 e. The molecule has 210 valence electrons. The number of hydrogen-bond acceptors (Lipinski definition) is 9. The van der Waals surface area contributed by atoms with E-state index < -0.39 is 41.0 Å². The summed E-state index contributed by atoms with van der Waals surface area (Å²) < 4.78 is 15.5. The Labute approximate surface area is 228 Å². The number of carbonyl (C=O) groups excluding carboxylic acids is 4. The second kappa shape index (κ2) is 12.7. The van der Waals surface area contributed by atoms with Crippen molar-refractivity contribution in [2.75, 3.05) is 33.0 Å². The van der Waals surface area contributed by atoms with E-state index in [9.17, 15) is 19.2 Å². The van der Waals surface area contributed by atoms with Crippen molar-refractivity contribution in [1.29, 1.82) is 0 Å². The zero-order chi connectivity index (χ0) is 26.7. The maximum Gasteiger partial charge on any atom is 0.333 e. The van der Waals surface area contributed by atoms with Crippen LogP contribution in [-0.4, -0.2) is 101 Å². The number of hydrogen-bond donors (Lipinski definition) is 1. The number of rotatable bonds is 9. The molecule has 3 fully saturated rings. The third kappa shape index (κ3) is 7.73. The summed E-state index contributed by atoms with van der Waals surface area (Å²) >= 11 is 1.52. The van der Waals surface area contributed by atoms with Crippen LogP contribution < -0.4 is 5.32 Å². The van der Waals surface area contributed by atoms with E-state index >= 15 is 0 Å². The number of halogens is 1. The topological polar surface area (TPSA) is 127 Å². The van der Waals surface area contributed by atoms with Crippen molar-refractivity contribution in [1.82, 2.24) is 15.1 Å². The maximum atomic E-state index is 12.9. The molecule has 0 radical (unpaired) electrons. The lowest BCUT2D eigenvalue weighted by molar-refractivity contribution is -0.179. The van der Waals surface area contributed by atoms with Crippen LogP contribution in [0.25, 0.3) is 0 Å². The first kappa shape index (κ1) is 31.2. The van der Waals surface area contributed by atoms with Crippen molar-refractivity contribution >= 4 is 54.3 Å². The molecule has 0 spiro atoms. The third-order valence-electron chi connectivity index (χ3n) is 6.34. The highest BCUT2D eigenvalue weighted by atomic mass is 35.5. The van der Waals surface area contributed by atoms with Crippen molar-refractivity contribution in [3.63, 3.8) is 0 Å². The Hall–Kier alpha value is -2.05. The molecule has 0 aromatic rings. The highest BCUT2D eigenvalue weighted by Gasteiger charge is 2.64. The average molecular weight is 563 g/mol. The molecule has 0 aromatic carbocycles. The molecule has 3 aliphatic rings. The van der Waals surface area contributed by atoms with Crippen molar-refractivity contribution < 1.29 is 33.4 Å². The molecule has 3 rings (SSSR count). The van der Waals surface area contributed by atoms with E-state index in [0.29, 0.717) is 13.2 Å². The van der Waals surface area contributed by atoms with Crippen LogP contribution in [0.2, 0.25) is 0 Å². The molecule has 3 aliphatic heterocycles. The monoisotopic (exact) mass is 562 g/mol. The molecule has 37 heavy (non-hydrogen) atoms. The number of aliphatic imine (C=N–C) groups is 1. The largest absolute Gasteiger partial charge is 0.427 e. The Bertz CT molecular complexity index is 887. The van der Waals surface area contributed by atoms with Gasteiger partial charge < -0.3 is 29.3 Å². The van der Waals surface area contributed by atoms with E-state index in [1.165, 1.54) is 23.6 Å². The fourth-order valence-corrected chi connectivity index (χ4v) is 5.94. The predicted molar refractivity (Wildman–Crippen MR) is 141 cm³/mol. The van der Waals surface area contributed by atoms with E-state index in [1.807, 2.05) is 13.8 Å². The summed E-state index contributed by atoms with van der Waals surface area (Å²) in [5.74, 6) is -1.34. The van der Waals surface area contributed by atoms with Crippen LogP contribution in [0.4, 0.5) is 0 Å². The second-order valence-electron chi connectivity index (χ2n) is 10.8. The van der Waals surface area contributed by atoms with E-state index in [1.54, 1.807) is 27.1 Å². The van der Waals surface area contributed by atoms with Crippen LogP contribution in [0, 0.1) is 5.41 Å². The lowest BCUT2D eigenvalue weighted by Gasteiger charge is -2.42. The van der Waals surface area contributed by atoms with Gasteiger partial charge in [-0.1, -0.05) is 0 Å². The minimum absolute atomic E-state index is 0. The standard InChI is InChI=1S/C24H38N4O7S.ClH/c1-15(29)25-9-12-33-16-7-10-27(11-8-16)13-26-17-19(30)28-18(24(5,6)36-20(17)28)21(31)34-14-35-22(32)23(2,3)4;/h13,16-18,20H,7-12,14H2,1-6H3,(H,25,29);1H/t17-,18+,20-;/m1./s1. The van der Waals surface area contributed by atoms with Gasteiger partial charge in [0, 0.05) is 31.3 Å². The SMILES string of the molecule is CC(=O)NCCOC1CCN(C=N[C@@H]2C(=O)N3[C@@H]2SC(C)(C)[C@@H]3C(=O)OCOC(=O)C(C)(C)C)CC1.Cl. The number of fused-ring (bicyclic) bond motifs is 1. The van der Waals surface area contributed by atoms with Crippen molar-refractivity contribution in [2.24, 2.45) is 10.4 Å². The molecule has 2 amide bonds. The number of esters is 2. The normalized spacial score (nSPS) is 25.2. The fourth-order valence-electron chi connectivity index (χ4n) is 4.32. The minimum atomic E-state index is -0.773. The van der Waals surface area contributed by atoms with Gasteiger partial charge in [0.15, 0.2) is 6.04 Å². The molecule has 0 aliphatic carbocycles. The third-order valence-corrected chi connectivity index (χ3v) is 7.89. The highest BCUT2D eigenvalue weighted by Crippen LogP contribution is 2.51. The number of ether oxygens (including phenoxy) is 3. The van der Waals surface area contributed by atoms with Gasteiger partial charge in [-0.05, 0) is 47.5 Å². The molecule has 0 bridgehead atoms. The Balaban J connectivity index is 0.00000481. The Morgan fingerprint density at radius 3 is 2.43 bits per heavy atom. The Kier molecular flexibility index (Phi) is 10.7. The van der Waals surface area contributed by atoms with Gasteiger partial charge in [0.25, 0.3) is 5.91 Å². The Morgan fingerprint density at radius 1 is 1.19 bits per heavy atom. The van der Waals surface area contributed by atoms with Crippen molar-refractivity contribution in [3.8, 4) is 0 Å². The lowest BCUT2D eigenvalue weighted by atomic mass is 9.96. The first-order valence-electron chi connectivity index (χ1n) is 12.3. The van der Waals surface area contributed by atoms with Gasteiger partial charge in [-0.25, -0.2) is 4.79 Å². The van der Waals surface area contributed by atoms with Crippen molar-refractivity contribution in [2.45, 2.75) is 82.7 Å². The fraction of sp³-hybridized carbons (Fsp3) is 0.792. The van der Waals surface area contributed by atoms with Gasteiger partial charge in [-0.2, -0.15) is 0 Å². The summed E-state index contributed by atoms with van der Waals surface area (Å²) in [5, 5.41) is 2.47. The molecule has 3 saturated heterocycles. The number of amides is 2. The van der Waals surface area contributed by atoms with Gasteiger partial charge in [0.1, 0.15) is 11.4 Å². The van der Waals surface area contributed by atoms with Crippen LogP contribution in [0.5, 0.6) is 0 Å². The number of carbonyl (C=O) groups is 4. The number of piperidine rings is 1. The van der Waals surface area contributed by atoms with E-state index in [0.717, 1.165) is 25.9 Å². The zero-order valence-electron chi connectivity index (χ0n) is 22.4. The highest BCUT2D eigenvalue weighted by molar-refractivity contribution is 8.01. The summed E-state index contributed by atoms with van der Waals surface area (Å²) in [5.41, 5.74) is -0.700. The van der Waals surface area contributed by atoms with E-state index in [2.05, 4.69) is 15.2 Å². The van der Waals surface area contributed by atoms with Gasteiger partial charge in [0.05, 0.1) is 24.5 Å². The number of nitrogens with one attached hydrogen (secondary N) is 1. The first-order chi connectivity index (χ1) is 16.8. The summed E-state index contributed by atoms with van der Waals surface area (Å²) in [7, 11) is 0.